The maximum absolute atomic E-state index is 11.8. The maximum atomic E-state index is 11.8. The SMILES string of the molecule is Cc1ccc(C(=O)NC(=S)NCCO)cc1Br. The fourth-order valence-electron chi connectivity index (χ4n) is 1.12. The summed E-state index contributed by atoms with van der Waals surface area (Å²) in [7, 11) is 0. The van der Waals surface area contributed by atoms with Crippen molar-refractivity contribution in [2.24, 2.45) is 0 Å². The number of aliphatic hydroxyl groups is 1. The number of carbonyl (C=O) groups excluding carboxylic acids is 1. The van der Waals surface area contributed by atoms with Gasteiger partial charge < -0.3 is 10.4 Å². The van der Waals surface area contributed by atoms with E-state index >= 15 is 0 Å². The molecule has 1 aromatic carbocycles. The Kier molecular flexibility index (Phi) is 5.54. The average Bonchev–Trinajstić information content (AvgIpc) is 2.30. The first-order chi connectivity index (χ1) is 8.04. The zero-order valence-electron chi connectivity index (χ0n) is 9.29. The molecule has 0 aliphatic rings. The van der Waals surface area contributed by atoms with Crippen molar-refractivity contribution < 1.29 is 9.90 Å². The molecule has 0 aliphatic heterocycles. The Morgan fingerprint density at radius 2 is 2.24 bits per heavy atom. The summed E-state index contributed by atoms with van der Waals surface area (Å²) < 4.78 is 0.874. The number of nitrogens with one attached hydrogen (secondary N) is 2. The Balaban J connectivity index is 2.63. The van der Waals surface area contributed by atoms with Gasteiger partial charge in [0.25, 0.3) is 5.91 Å². The Hall–Kier alpha value is -0.980. The van der Waals surface area contributed by atoms with Gasteiger partial charge in [-0.05, 0) is 36.8 Å². The lowest BCUT2D eigenvalue weighted by Crippen LogP contribution is -2.40. The molecular weight excluding hydrogens is 304 g/mol. The fraction of sp³-hybridized carbons (Fsp3) is 0.273. The van der Waals surface area contributed by atoms with Crippen molar-refractivity contribution in [3.8, 4) is 0 Å². The molecule has 3 N–H and O–H groups in total. The van der Waals surface area contributed by atoms with Gasteiger partial charge in [-0.3, -0.25) is 10.1 Å². The predicted molar refractivity (Wildman–Crippen MR) is 74.0 cm³/mol. The lowest BCUT2D eigenvalue weighted by atomic mass is 10.1. The number of aliphatic hydroxyl groups excluding tert-OH is 1. The maximum Gasteiger partial charge on any atom is 0.257 e. The second-order valence-electron chi connectivity index (χ2n) is 3.40. The Labute approximate surface area is 114 Å². The molecule has 1 amide bonds. The summed E-state index contributed by atoms with van der Waals surface area (Å²) in [5.41, 5.74) is 1.58. The first-order valence-electron chi connectivity index (χ1n) is 5.01. The zero-order chi connectivity index (χ0) is 12.8. The molecule has 1 rings (SSSR count). The first kappa shape index (κ1) is 14.1. The van der Waals surface area contributed by atoms with Crippen molar-refractivity contribution in [2.45, 2.75) is 6.92 Å². The molecule has 0 fully saturated rings. The molecule has 0 aliphatic carbocycles. The lowest BCUT2D eigenvalue weighted by Gasteiger charge is -2.08. The summed E-state index contributed by atoms with van der Waals surface area (Å²) in [5, 5.41) is 14.0. The van der Waals surface area contributed by atoms with E-state index in [1.165, 1.54) is 0 Å². The third kappa shape index (κ3) is 4.41. The van der Waals surface area contributed by atoms with Crippen LogP contribution in [0.5, 0.6) is 0 Å². The van der Waals surface area contributed by atoms with Crippen molar-refractivity contribution in [3.05, 3.63) is 33.8 Å². The van der Waals surface area contributed by atoms with Crippen LogP contribution < -0.4 is 10.6 Å². The van der Waals surface area contributed by atoms with E-state index in [1.54, 1.807) is 12.1 Å². The van der Waals surface area contributed by atoms with Gasteiger partial charge >= 0.3 is 0 Å². The molecule has 4 nitrogen and oxygen atoms in total. The summed E-state index contributed by atoms with van der Waals surface area (Å²) in [6.45, 7) is 2.22. The summed E-state index contributed by atoms with van der Waals surface area (Å²) >= 11 is 8.25. The molecule has 0 bridgehead atoms. The quantitative estimate of drug-likeness (QED) is 0.737. The first-order valence-corrected chi connectivity index (χ1v) is 6.21. The lowest BCUT2D eigenvalue weighted by molar-refractivity contribution is 0.0976. The summed E-state index contributed by atoms with van der Waals surface area (Å²) in [6, 6.07) is 5.31. The largest absolute Gasteiger partial charge is 0.395 e. The smallest absolute Gasteiger partial charge is 0.257 e. The van der Waals surface area contributed by atoms with Gasteiger partial charge in [0.05, 0.1) is 6.61 Å². The molecule has 1 aromatic rings. The van der Waals surface area contributed by atoms with E-state index in [9.17, 15) is 4.79 Å². The van der Waals surface area contributed by atoms with Gasteiger partial charge in [0.2, 0.25) is 0 Å². The topological polar surface area (TPSA) is 61.4 Å². The van der Waals surface area contributed by atoms with Crippen LogP contribution in [0.15, 0.2) is 22.7 Å². The molecular formula is C11H13BrN2O2S. The van der Waals surface area contributed by atoms with E-state index in [0.717, 1.165) is 10.0 Å². The van der Waals surface area contributed by atoms with Crippen LogP contribution in [0.4, 0.5) is 0 Å². The number of benzene rings is 1. The molecule has 0 heterocycles. The number of hydrogen-bond donors (Lipinski definition) is 3. The van der Waals surface area contributed by atoms with E-state index in [-0.39, 0.29) is 17.6 Å². The molecule has 6 heteroatoms. The van der Waals surface area contributed by atoms with Gasteiger partial charge in [-0.1, -0.05) is 22.0 Å². The Morgan fingerprint density at radius 3 is 2.82 bits per heavy atom. The molecule has 0 radical (unpaired) electrons. The van der Waals surface area contributed by atoms with Crippen LogP contribution in [0, 0.1) is 6.92 Å². The molecule has 0 unspecified atom stereocenters. The highest BCUT2D eigenvalue weighted by Gasteiger charge is 2.08. The van der Waals surface area contributed by atoms with Crippen LogP contribution in [0.3, 0.4) is 0 Å². The second-order valence-corrected chi connectivity index (χ2v) is 4.66. The molecule has 17 heavy (non-hydrogen) atoms. The molecule has 0 saturated carbocycles. The van der Waals surface area contributed by atoms with Gasteiger partial charge in [-0.2, -0.15) is 0 Å². The second kappa shape index (κ2) is 6.68. The van der Waals surface area contributed by atoms with Crippen LogP contribution >= 0.6 is 28.1 Å². The molecule has 0 aromatic heterocycles. The Bertz CT molecular complexity index is 437. The minimum atomic E-state index is -0.277. The molecule has 0 atom stereocenters. The van der Waals surface area contributed by atoms with Crippen molar-refractivity contribution >= 4 is 39.2 Å². The van der Waals surface area contributed by atoms with Crippen molar-refractivity contribution in [1.29, 1.82) is 0 Å². The third-order valence-electron chi connectivity index (χ3n) is 2.06. The predicted octanol–water partition coefficient (Wildman–Crippen LogP) is 1.35. The number of halogens is 1. The third-order valence-corrected chi connectivity index (χ3v) is 3.16. The van der Waals surface area contributed by atoms with E-state index in [2.05, 4.69) is 26.6 Å². The van der Waals surface area contributed by atoms with Gasteiger partial charge in [-0.25, -0.2) is 0 Å². The van der Waals surface area contributed by atoms with Crippen molar-refractivity contribution in [2.75, 3.05) is 13.2 Å². The van der Waals surface area contributed by atoms with E-state index in [4.69, 9.17) is 17.3 Å². The number of thiocarbonyl (C=S) groups is 1. The van der Waals surface area contributed by atoms with Gasteiger partial charge in [0, 0.05) is 16.6 Å². The monoisotopic (exact) mass is 316 g/mol. The van der Waals surface area contributed by atoms with Crippen LogP contribution in [-0.4, -0.2) is 29.3 Å². The standard InChI is InChI=1S/C11H13BrN2O2S/c1-7-2-3-8(6-9(7)12)10(16)14-11(17)13-4-5-15/h2-3,6,15H,4-5H2,1H3,(H2,13,14,16,17). The zero-order valence-corrected chi connectivity index (χ0v) is 11.7. The van der Waals surface area contributed by atoms with Gasteiger partial charge in [0.15, 0.2) is 5.11 Å². The van der Waals surface area contributed by atoms with Crippen LogP contribution in [-0.2, 0) is 0 Å². The minimum absolute atomic E-state index is 0.0356. The highest BCUT2D eigenvalue weighted by Crippen LogP contribution is 2.17. The van der Waals surface area contributed by atoms with E-state index in [0.29, 0.717) is 12.1 Å². The summed E-state index contributed by atoms with van der Waals surface area (Å²) in [5.74, 6) is -0.277. The number of carbonyl (C=O) groups is 1. The van der Waals surface area contributed by atoms with E-state index in [1.807, 2.05) is 13.0 Å². The van der Waals surface area contributed by atoms with Gasteiger partial charge in [-0.15, -0.1) is 0 Å². The number of rotatable bonds is 3. The van der Waals surface area contributed by atoms with Gasteiger partial charge in [0.1, 0.15) is 0 Å². The highest BCUT2D eigenvalue weighted by atomic mass is 79.9. The normalized spacial score (nSPS) is 9.82. The van der Waals surface area contributed by atoms with E-state index < -0.39 is 0 Å². The van der Waals surface area contributed by atoms with Crippen LogP contribution in [0.1, 0.15) is 15.9 Å². The minimum Gasteiger partial charge on any atom is -0.395 e. The Morgan fingerprint density at radius 1 is 1.53 bits per heavy atom. The number of hydrogen-bond acceptors (Lipinski definition) is 3. The molecule has 0 spiro atoms. The summed E-state index contributed by atoms with van der Waals surface area (Å²) in [6.07, 6.45) is 0. The fourth-order valence-corrected chi connectivity index (χ4v) is 1.70. The molecule has 92 valence electrons. The van der Waals surface area contributed by atoms with Crippen LogP contribution in [0.2, 0.25) is 0 Å². The summed E-state index contributed by atoms with van der Waals surface area (Å²) in [4.78, 5) is 11.8. The van der Waals surface area contributed by atoms with Crippen molar-refractivity contribution in [3.63, 3.8) is 0 Å². The average molecular weight is 317 g/mol. The van der Waals surface area contributed by atoms with Crippen molar-refractivity contribution in [1.82, 2.24) is 10.6 Å². The van der Waals surface area contributed by atoms with Crippen LogP contribution in [0.25, 0.3) is 0 Å². The molecule has 0 saturated heterocycles. The highest BCUT2D eigenvalue weighted by molar-refractivity contribution is 9.10. The number of amides is 1. The number of aryl methyl sites for hydroxylation is 1.